The van der Waals surface area contributed by atoms with Crippen molar-refractivity contribution in [2.24, 2.45) is 0 Å². The largest absolute Gasteiger partial charge is 0.481 e. The van der Waals surface area contributed by atoms with Gasteiger partial charge >= 0.3 is 5.97 Å². The molecule has 0 saturated carbocycles. The molecular weight excluding hydrogens is 246 g/mol. The number of hydrogen-bond donors (Lipinski definition) is 2. The van der Waals surface area contributed by atoms with Gasteiger partial charge in [0.15, 0.2) is 0 Å². The molecule has 0 aromatic carbocycles. The summed E-state index contributed by atoms with van der Waals surface area (Å²) in [6.07, 6.45) is 0.818. The van der Waals surface area contributed by atoms with Crippen LogP contribution in [0.15, 0.2) is 16.8 Å². The SMILES string of the molecule is O=C(O)CSCC(=O)NCCc1ccsc1. The second kappa shape index (κ2) is 7.29. The van der Waals surface area contributed by atoms with Gasteiger partial charge in [-0.05, 0) is 28.8 Å². The van der Waals surface area contributed by atoms with Crippen LogP contribution in [0.5, 0.6) is 0 Å². The van der Waals surface area contributed by atoms with Crippen molar-refractivity contribution in [3.05, 3.63) is 22.4 Å². The van der Waals surface area contributed by atoms with E-state index in [4.69, 9.17) is 5.11 Å². The molecule has 0 radical (unpaired) electrons. The second-order valence-electron chi connectivity index (χ2n) is 3.12. The third-order valence-corrected chi connectivity index (χ3v) is 3.42. The summed E-state index contributed by atoms with van der Waals surface area (Å²) >= 11 is 2.74. The average Bonchev–Trinajstić information content (AvgIpc) is 2.70. The number of thioether (sulfide) groups is 1. The fourth-order valence-electron chi connectivity index (χ4n) is 1.06. The van der Waals surface area contributed by atoms with Crippen LogP contribution in [-0.2, 0) is 16.0 Å². The van der Waals surface area contributed by atoms with E-state index in [1.54, 1.807) is 11.3 Å². The molecule has 4 nitrogen and oxygen atoms in total. The molecule has 0 aliphatic carbocycles. The van der Waals surface area contributed by atoms with Gasteiger partial charge in [0.05, 0.1) is 11.5 Å². The second-order valence-corrected chi connectivity index (χ2v) is 4.88. The minimum Gasteiger partial charge on any atom is -0.481 e. The van der Waals surface area contributed by atoms with Crippen molar-refractivity contribution in [1.29, 1.82) is 0 Å². The molecule has 0 aliphatic rings. The van der Waals surface area contributed by atoms with E-state index in [0.29, 0.717) is 6.54 Å². The maximum absolute atomic E-state index is 11.2. The number of thiophene rings is 1. The van der Waals surface area contributed by atoms with Gasteiger partial charge in [-0.1, -0.05) is 0 Å². The molecule has 1 aromatic heterocycles. The highest BCUT2D eigenvalue weighted by Crippen LogP contribution is 2.05. The monoisotopic (exact) mass is 259 g/mol. The number of amides is 1. The first-order valence-electron chi connectivity index (χ1n) is 4.76. The minimum atomic E-state index is -0.893. The summed E-state index contributed by atoms with van der Waals surface area (Å²) in [5, 5.41) is 15.2. The first-order chi connectivity index (χ1) is 7.68. The topological polar surface area (TPSA) is 66.4 Å². The molecule has 0 fully saturated rings. The van der Waals surface area contributed by atoms with Crippen molar-refractivity contribution in [3.8, 4) is 0 Å². The zero-order valence-electron chi connectivity index (χ0n) is 8.64. The van der Waals surface area contributed by atoms with Gasteiger partial charge in [0, 0.05) is 6.54 Å². The van der Waals surface area contributed by atoms with E-state index in [9.17, 15) is 9.59 Å². The quantitative estimate of drug-likeness (QED) is 0.773. The number of carboxylic acids is 1. The van der Waals surface area contributed by atoms with Crippen molar-refractivity contribution in [2.45, 2.75) is 6.42 Å². The summed E-state index contributed by atoms with van der Waals surface area (Å²) in [7, 11) is 0. The van der Waals surface area contributed by atoms with Crippen molar-refractivity contribution in [1.82, 2.24) is 5.32 Å². The molecule has 0 saturated heterocycles. The normalized spacial score (nSPS) is 10.0. The number of nitrogens with one attached hydrogen (secondary N) is 1. The van der Waals surface area contributed by atoms with E-state index in [1.165, 1.54) is 5.56 Å². The van der Waals surface area contributed by atoms with Crippen LogP contribution in [0.1, 0.15) is 5.56 Å². The van der Waals surface area contributed by atoms with Crippen LogP contribution in [0.2, 0.25) is 0 Å². The van der Waals surface area contributed by atoms with Crippen LogP contribution < -0.4 is 5.32 Å². The molecular formula is C10H13NO3S2. The van der Waals surface area contributed by atoms with Gasteiger partial charge in [0.25, 0.3) is 0 Å². The van der Waals surface area contributed by atoms with Gasteiger partial charge in [0.2, 0.25) is 5.91 Å². The van der Waals surface area contributed by atoms with E-state index in [0.717, 1.165) is 18.2 Å². The van der Waals surface area contributed by atoms with Crippen molar-refractivity contribution < 1.29 is 14.7 Å². The molecule has 0 atom stereocenters. The molecule has 1 heterocycles. The molecule has 16 heavy (non-hydrogen) atoms. The highest BCUT2D eigenvalue weighted by Gasteiger charge is 2.03. The molecule has 0 unspecified atom stereocenters. The highest BCUT2D eigenvalue weighted by molar-refractivity contribution is 8.00. The molecule has 1 rings (SSSR count). The molecule has 0 spiro atoms. The zero-order valence-corrected chi connectivity index (χ0v) is 10.3. The standard InChI is InChI=1S/C10H13NO3S2/c12-9(6-16-7-10(13)14)11-3-1-8-2-4-15-5-8/h2,4-5H,1,3,6-7H2,(H,11,12)(H,13,14). The molecule has 2 N–H and O–H groups in total. The van der Waals surface area contributed by atoms with Gasteiger partial charge in [-0.25, -0.2) is 0 Å². The number of aliphatic carboxylic acids is 1. The first-order valence-corrected chi connectivity index (χ1v) is 6.85. The van der Waals surface area contributed by atoms with Gasteiger partial charge in [0.1, 0.15) is 0 Å². The van der Waals surface area contributed by atoms with Crippen molar-refractivity contribution in [2.75, 3.05) is 18.1 Å². The van der Waals surface area contributed by atoms with E-state index in [2.05, 4.69) is 5.32 Å². The molecule has 1 aromatic rings. The molecule has 88 valence electrons. The number of rotatable bonds is 7. The van der Waals surface area contributed by atoms with Crippen molar-refractivity contribution in [3.63, 3.8) is 0 Å². The van der Waals surface area contributed by atoms with Crippen molar-refractivity contribution >= 4 is 35.0 Å². The number of carboxylic acid groups (broad SMARTS) is 1. The van der Waals surface area contributed by atoms with Gasteiger partial charge in [-0.3, -0.25) is 9.59 Å². The van der Waals surface area contributed by atoms with E-state index < -0.39 is 5.97 Å². The Morgan fingerprint density at radius 2 is 2.25 bits per heavy atom. The molecule has 1 amide bonds. The summed E-state index contributed by atoms with van der Waals surface area (Å²) in [4.78, 5) is 21.4. The van der Waals surface area contributed by atoms with Crippen LogP contribution >= 0.6 is 23.1 Å². The fraction of sp³-hybridized carbons (Fsp3) is 0.400. The highest BCUT2D eigenvalue weighted by atomic mass is 32.2. The van der Waals surface area contributed by atoms with Crippen LogP contribution in [0, 0.1) is 0 Å². The first kappa shape index (κ1) is 13.1. The Balaban J connectivity index is 2.04. The Morgan fingerprint density at radius 1 is 1.44 bits per heavy atom. The van der Waals surface area contributed by atoms with Gasteiger partial charge in [-0.2, -0.15) is 11.3 Å². The lowest BCUT2D eigenvalue weighted by atomic mass is 10.2. The summed E-state index contributed by atoms with van der Waals surface area (Å²) in [5.74, 6) is -0.828. The summed E-state index contributed by atoms with van der Waals surface area (Å²) in [5.41, 5.74) is 1.21. The summed E-state index contributed by atoms with van der Waals surface area (Å²) in [6.45, 7) is 0.600. The van der Waals surface area contributed by atoms with E-state index in [-0.39, 0.29) is 17.4 Å². The van der Waals surface area contributed by atoms with Crippen LogP contribution in [0.25, 0.3) is 0 Å². The summed E-state index contributed by atoms with van der Waals surface area (Å²) in [6, 6.07) is 2.02. The average molecular weight is 259 g/mol. The van der Waals surface area contributed by atoms with Gasteiger partial charge < -0.3 is 10.4 Å². The third-order valence-electron chi connectivity index (χ3n) is 1.77. The lowest BCUT2D eigenvalue weighted by molar-refractivity contribution is -0.133. The molecule has 6 heteroatoms. The maximum Gasteiger partial charge on any atom is 0.313 e. The number of hydrogen-bond acceptors (Lipinski definition) is 4. The zero-order chi connectivity index (χ0) is 11.8. The Labute approximate surface area is 102 Å². The van der Waals surface area contributed by atoms with Crippen LogP contribution in [0.4, 0.5) is 0 Å². The fourth-order valence-corrected chi connectivity index (χ4v) is 2.33. The Morgan fingerprint density at radius 3 is 2.88 bits per heavy atom. The predicted molar refractivity (Wildman–Crippen MR) is 66.0 cm³/mol. The smallest absolute Gasteiger partial charge is 0.313 e. The van der Waals surface area contributed by atoms with Crippen LogP contribution in [0.3, 0.4) is 0 Å². The lowest BCUT2D eigenvalue weighted by Gasteiger charge is -2.03. The summed E-state index contributed by atoms with van der Waals surface area (Å²) < 4.78 is 0. The Bertz CT molecular complexity index is 338. The predicted octanol–water partition coefficient (Wildman–Crippen LogP) is 1.22. The maximum atomic E-state index is 11.2. The minimum absolute atomic E-state index is 0.0298. The van der Waals surface area contributed by atoms with E-state index >= 15 is 0 Å². The number of carbonyl (C=O) groups is 2. The molecule has 0 bridgehead atoms. The van der Waals surface area contributed by atoms with Gasteiger partial charge in [-0.15, -0.1) is 11.8 Å². The Hall–Kier alpha value is -1.01. The number of carbonyl (C=O) groups excluding carboxylic acids is 1. The lowest BCUT2D eigenvalue weighted by Crippen LogP contribution is -2.27. The van der Waals surface area contributed by atoms with E-state index in [1.807, 2.05) is 16.8 Å². The third kappa shape index (κ3) is 5.77. The molecule has 0 aliphatic heterocycles. The van der Waals surface area contributed by atoms with Crippen LogP contribution in [-0.4, -0.2) is 35.0 Å². The Kier molecular flexibility index (Phi) is 5.95.